The van der Waals surface area contributed by atoms with Crippen molar-refractivity contribution in [3.05, 3.63) is 65.7 Å². The maximum Gasteiger partial charge on any atom is 0.313 e. The van der Waals surface area contributed by atoms with Gasteiger partial charge in [-0.2, -0.15) is 0 Å². The number of amides is 2. The molecule has 2 rings (SSSR count). The van der Waals surface area contributed by atoms with Gasteiger partial charge in [0.2, 0.25) is 0 Å². The van der Waals surface area contributed by atoms with E-state index in [1.165, 1.54) is 0 Å². The summed E-state index contributed by atoms with van der Waals surface area (Å²) in [5, 5.41) is 2.73. The second-order valence-corrected chi connectivity index (χ2v) is 5.27. The molecule has 0 fully saturated rings. The quantitative estimate of drug-likeness (QED) is 0.862. The molecule has 2 amide bonds. The summed E-state index contributed by atoms with van der Waals surface area (Å²) in [7, 11) is 0. The Morgan fingerprint density at radius 2 is 1.61 bits per heavy atom. The second kappa shape index (κ2) is 8.13. The first-order valence-corrected chi connectivity index (χ1v) is 7.87. The predicted molar refractivity (Wildman–Crippen MR) is 92.0 cm³/mol. The summed E-state index contributed by atoms with van der Waals surface area (Å²) in [6, 6.07) is 17.2. The van der Waals surface area contributed by atoms with Crippen molar-refractivity contribution in [2.75, 3.05) is 11.9 Å². The van der Waals surface area contributed by atoms with Crippen LogP contribution in [0.2, 0.25) is 0 Å². The van der Waals surface area contributed by atoms with E-state index in [9.17, 15) is 9.59 Å². The van der Waals surface area contributed by atoms with Crippen molar-refractivity contribution in [3.8, 4) is 0 Å². The molecule has 0 heterocycles. The SMILES string of the molecule is CCc1ccccc1NC(=O)C(=O)N(CC)Cc1ccccc1. The molecule has 2 aromatic carbocycles. The highest BCUT2D eigenvalue weighted by atomic mass is 16.2. The van der Waals surface area contributed by atoms with E-state index in [-0.39, 0.29) is 0 Å². The van der Waals surface area contributed by atoms with Gasteiger partial charge in [-0.05, 0) is 30.5 Å². The van der Waals surface area contributed by atoms with E-state index in [0.717, 1.165) is 17.5 Å². The molecule has 2 aromatic rings. The number of hydrogen-bond acceptors (Lipinski definition) is 2. The minimum absolute atomic E-state index is 0.430. The van der Waals surface area contributed by atoms with Gasteiger partial charge in [-0.25, -0.2) is 0 Å². The lowest BCUT2D eigenvalue weighted by atomic mass is 10.1. The molecule has 0 unspecified atom stereocenters. The van der Waals surface area contributed by atoms with Crippen LogP contribution in [0.15, 0.2) is 54.6 Å². The molecular weight excluding hydrogens is 288 g/mol. The van der Waals surface area contributed by atoms with Crippen LogP contribution in [0.3, 0.4) is 0 Å². The highest BCUT2D eigenvalue weighted by molar-refractivity contribution is 6.39. The van der Waals surface area contributed by atoms with Crippen LogP contribution in [0.25, 0.3) is 0 Å². The average molecular weight is 310 g/mol. The maximum atomic E-state index is 12.4. The molecule has 0 aliphatic carbocycles. The third-order valence-electron chi connectivity index (χ3n) is 3.73. The third kappa shape index (κ3) is 4.42. The molecule has 0 aromatic heterocycles. The smallest absolute Gasteiger partial charge is 0.313 e. The Morgan fingerprint density at radius 3 is 2.26 bits per heavy atom. The lowest BCUT2D eigenvalue weighted by Gasteiger charge is -2.20. The normalized spacial score (nSPS) is 10.2. The Bertz CT molecular complexity index is 668. The van der Waals surface area contributed by atoms with Crippen LogP contribution in [0.1, 0.15) is 25.0 Å². The Labute approximate surface area is 137 Å². The molecule has 120 valence electrons. The first kappa shape index (κ1) is 16.7. The van der Waals surface area contributed by atoms with Gasteiger partial charge in [-0.15, -0.1) is 0 Å². The van der Waals surface area contributed by atoms with Gasteiger partial charge in [-0.3, -0.25) is 9.59 Å². The minimum Gasteiger partial charge on any atom is -0.330 e. The first-order valence-electron chi connectivity index (χ1n) is 7.87. The summed E-state index contributed by atoms with van der Waals surface area (Å²) in [6.07, 6.45) is 0.798. The van der Waals surface area contributed by atoms with Crippen LogP contribution < -0.4 is 5.32 Å². The summed E-state index contributed by atoms with van der Waals surface area (Å²) in [4.78, 5) is 26.2. The lowest BCUT2D eigenvalue weighted by molar-refractivity contribution is -0.143. The van der Waals surface area contributed by atoms with Crippen molar-refractivity contribution < 1.29 is 9.59 Å². The van der Waals surface area contributed by atoms with Crippen LogP contribution in [0.4, 0.5) is 5.69 Å². The van der Waals surface area contributed by atoms with E-state index in [2.05, 4.69) is 5.32 Å². The molecule has 4 nitrogen and oxygen atoms in total. The summed E-state index contributed by atoms with van der Waals surface area (Å²) in [5.74, 6) is -1.11. The van der Waals surface area contributed by atoms with Crippen molar-refractivity contribution in [1.82, 2.24) is 4.90 Å². The van der Waals surface area contributed by atoms with E-state index >= 15 is 0 Å². The number of benzene rings is 2. The van der Waals surface area contributed by atoms with Crippen LogP contribution in [-0.2, 0) is 22.6 Å². The molecule has 0 saturated heterocycles. The van der Waals surface area contributed by atoms with E-state index in [4.69, 9.17) is 0 Å². The summed E-state index contributed by atoms with van der Waals surface area (Å²) in [5.41, 5.74) is 2.72. The first-order chi connectivity index (χ1) is 11.2. The number of anilines is 1. The van der Waals surface area contributed by atoms with Crippen LogP contribution >= 0.6 is 0 Å². The Morgan fingerprint density at radius 1 is 0.957 bits per heavy atom. The third-order valence-corrected chi connectivity index (χ3v) is 3.73. The number of hydrogen-bond donors (Lipinski definition) is 1. The number of rotatable bonds is 5. The molecule has 0 aliphatic rings. The van der Waals surface area contributed by atoms with Gasteiger partial charge in [-0.1, -0.05) is 55.5 Å². The average Bonchev–Trinajstić information content (AvgIpc) is 2.60. The highest BCUT2D eigenvalue weighted by Gasteiger charge is 2.21. The Hall–Kier alpha value is -2.62. The molecule has 1 N–H and O–H groups in total. The van der Waals surface area contributed by atoms with E-state index in [1.54, 1.807) is 4.90 Å². The number of para-hydroxylation sites is 1. The summed E-state index contributed by atoms with van der Waals surface area (Å²) < 4.78 is 0. The number of nitrogens with one attached hydrogen (secondary N) is 1. The fourth-order valence-corrected chi connectivity index (χ4v) is 2.40. The monoisotopic (exact) mass is 310 g/mol. The molecule has 23 heavy (non-hydrogen) atoms. The van der Waals surface area contributed by atoms with Crippen molar-refractivity contribution in [3.63, 3.8) is 0 Å². The zero-order valence-corrected chi connectivity index (χ0v) is 13.6. The van der Waals surface area contributed by atoms with Crippen molar-refractivity contribution in [2.45, 2.75) is 26.8 Å². The molecule has 0 spiro atoms. The number of carbonyl (C=O) groups excluding carboxylic acids is 2. The van der Waals surface area contributed by atoms with Crippen molar-refractivity contribution in [2.24, 2.45) is 0 Å². The Balaban J connectivity index is 2.06. The lowest BCUT2D eigenvalue weighted by Crippen LogP contribution is -2.39. The van der Waals surface area contributed by atoms with Gasteiger partial charge >= 0.3 is 11.8 Å². The molecule has 0 bridgehead atoms. The molecule has 0 atom stereocenters. The molecule has 4 heteroatoms. The topological polar surface area (TPSA) is 49.4 Å². The number of nitrogens with zero attached hydrogens (tertiary/aromatic N) is 1. The fraction of sp³-hybridized carbons (Fsp3) is 0.263. The van der Waals surface area contributed by atoms with Crippen molar-refractivity contribution >= 4 is 17.5 Å². The second-order valence-electron chi connectivity index (χ2n) is 5.27. The molecular formula is C19H22N2O2. The van der Waals surface area contributed by atoms with E-state index in [0.29, 0.717) is 18.8 Å². The van der Waals surface area contributed by atoms with Gasteiger partial charge < -0.3 is 10.2 Å². The highest BCUT2D eigenvalue weighted by Crippen LogP contribution is 2.15. The van der Waals surface area contributed by atoms with Crippen LogP contribution in [-0.4, -0.2) is 23.3 Å². The van der Waals surface area contributed by atoms with Gasteiger partial charge in [0.15, 0.2) is 0 Å². The van der Waals surface area contributed by atoms with E-state index in [1.807, 2.05) is 68.4 Å². The maximum absolute atomic E-state index is 12.4. The van der Waals surface area contributed by atoms with Gasteiger partial charge in [0.25, 0.3) is 0 Å². The van der Waals surface area contributed by atoms with Gasteiger partial charge in [0.05, 0.1) is 0 Å². The van der Waals surface area contributed by atoms with Crippen LogP contribution in [0.5, 0.6) is 0 Å². The Kier molecular flexibility index (Phi) is 5.92. The minimum atomic E-state index is -0.594. The number of carbonyl (C=O) groups is 2. The summed E-state index contributed by atoms with van der Waals surface area (Å²) in [6.45, 7) is 4.80. The zero-order valence-electron chi connectivity index (χ0n) is 13.6. The fourth-order valence-electron chi connectivity index (χ4n) is 2.40. The molecule has 0 radical (unpaired) electrons. The largest absolute Gasteiger partial charge is 0.330 e. The predicted octanol–water partition coefficient (Wildman–Crippen LogP) is 3.24. The standard InChI is InChI=1S/C19H22N2O2/c1-3-16-12-8-9-13-17(16)20-18(22)19(23)21(4-2)14-15-10-6-5-7-11-15/h5-13H,3-4,14H2,1-2H3,(H,20,22). The molecule has 0 saturated carbocycles. The number of aryl methyl sites for hydroxylation is 1. The summed E-state index contributed by atoms with van der Waals surface area (Å²) >= 11 is 0. The molecule has 0 aliphatic heterocycles. The van der Waals surface area contributed by atoms with E-state index < -0.39 is 11.8 Å². The van der Waals surface area contributed by atoms with Crippen LogP contribution in [0, 0.1) is 0 Å². The zero-order chi connectivity index (χ0) is 16.7. The number of likely N-dealkylation sites (N-methyl/N-ethyl adjacent to an activating group) is 1. The van der Waals surface area contributed by atoms with Crippen molar-refractivity contribution in [1.29, 1.82) is 0 Å². The van der Waals surface area contributed by atoms with Gasteiger partial charge in [0, 0.05) is 18.8 Å². The van der Waals surface area contributed by atoms with Gasteiger partial charge in [0.1, 0.15) is 0 Å².